The smallest absolute Gasteiger partial charge is 0.245 e. The average Bonchev–Trinajstić information content (AvgIpc) is 2.80. The van der Waals surface area contributed by atoms with Gasteiger partial charge in [-0.15, -0.1) is 11.3 Å². The predicted octanol–water partition coefficient (Wildman–Crippen LogP) is 1.93. The zero-order valence-electron chi connectivity index (χ0n) is 9.35. The molecule has 1 aromatic heterocycles. The highest BCUT2D eigenvalue weighted by molar-refractivity contribution is 7.10. The lowest BCUT2D eigenvalue weighted by Crippen LogP contribution is -2.41. The minimum Gasteiger partial charge on any atom is -0.337 e. The first-order valence-corrected chi connectivity index (χ1v) is 6.30. The number of carbonyl (C=O) groups is 1. The minimum atomic E-state index is -0.495. The SMILES string of the molecule is CC1=CCCN(C(=O)C(N)c2cccs2)C1. The summed E-state index contributed by atoms with van der Waals surface area (Å²) in [6.45, 7) is 3.56. The van der Waals surface area contributed by atoms with E-state index in [4.69, 9.17) is 5.73 Å². The molecule has 86 valence electrons. The van der Waals surface area contributed by atoms with Gasteiger partial charge in [0, 0.05) is 18.0 Å². The molecule has 0 radical (unpaired) electrons. The van der Waals surface area contributed by atoms with Crippen LogP contribution in [0.25, 0.3) is 0 Å². The first-order chi connectivity index (χ1) is 7.68. The molecule has 1 atom stereocenters. The van der Waals surface area contributed by atoms with Crippen molar-refractivity contribution in [2.75, 3.05) is 13.1 Å². The van der Waals surface area contributed by atoms with E-state index in [0.717, 1.165) is 24.4 Å². The maximum absolute atomic E-state index is 12.1. The Hall–Kier alpha value is -1.13. The Morgan fingerprint density at radius 1 is 1.62 bits per heavy atom. The van der Waals surface area contributed by atoms with Crippen molar-refractivity contribution in [3.8, 4) is 0 Å². The number of hydrogen-bond donors (Lipinski definition) is 1. The Morgan fingerprint density at radius 2 is 2.44 bits per heavy atom. The first kappa shape index (κ1) is 11.4. The molecular weight excluding hydrogens is 220 g/mol. The van der Waals surface area contributed by atoms with Crippen LogP contribution in [0.5, 0.6) is 0 Å². The van der Waals surface area contributed by atoms with Gasteiger partial charge in [-0.3, -0.25) is 4.79 Å². The van der Waals surface area contributed by atoms with E-state index in [0.29, 0.717) is 0 Å². The Labute approximate surface area is 99.6 Å². The number of hydrogen-bond acceptors (Lipinski definition) is 3. The van der Waals surface area contributed by atoms with Crippen LogP contribution in [0.15, 0.2) is 29.2 Å². The highest BCUT2D eigenvalue weighted by atomic mass is 32.1. The van der Waals surface area contributed by atoms with Crippen molar-refractivity contribution in [2.24, 2.45) is 5.73 Å². The summed E-state index contributed by atoms with van der Waals surface area (Å²) in [5.41, 5.74) is 7.21. The maximum atomic E-state index is 12.1. The normalized spacial score (nSPS) is 18.1. The summed E-state index contributed by atoms with van der Waals surface area (Å²) >= 11 is 1.54. The fourth-order valence-corrected chi connectivity index (χ4v) is 2.61. The lowest BCUT2D eigenvalue weighted by Gasteiger charge is -2.28. The molecule has 0 spiro atoms. The molecule has 0 aliphatic carbocycles. The van der Waals surface area contributed by atoms with Crippen molar-refractivity contribution in [2.45, 2.75) is 19.4 Å². The van der Waals surface area contributed by atoms with Crippen LogP contribution in [0, 0.1) is 0 Å². The Balaban J connectivity index is 2.05. The van der Waals surface area contributed by atoms with E-state index < -0.39 is 6.04 Å². The van der Waals surface area contributed by atoms with E-state index >= 15 is 0 Å². The molecule has 0 saturated heterocycles. The van der Waals surface area contributed by atoms with E-state index in [1.807, 2.05) is 22.4 Å². The van der Waals surface area contributed by atoms with Crippen LogP contribution in [0.3, 0.4) is 0 Å². The van der Waals surface area contributed by atoms with Gasteiger partial charge in [0.25, 0.3) is 0 Å². The highest BCUT2D eigenvalue weighted by Crippen LogP contribution is 2.20. The fraction of sp³-hybridized carbons (Fsp3) is 0.417. The molecule has 4 heteroatoms. The third kappa shape index (κ3) is 2.33. The van der Waals surface area contributed by atoms with E-state index in [1.54, 1.807) is 0 Å². The van der Waals surface area contributed by atoms with Gasteiger partial charge in [0.05, 0.1) is 0 Å². The maximum Gasteiger partial charge on any atom is 0.245 e. The van der Waals surface area contributed by atoms with Crippen molar-refractivity contribution >= 4 is 17.2 Å². The summed E-state index contributed by atoms with van der Waals surface area (Å²) in [7, 11) is 0. The number of nitrogens with zero attached hydrogens (tertiary/aromatic N) is 1. The molecule has 2 rings (SSSR count). The van der Waals surface area contributed by atoms with Crippen LogP contribution in [0.4, 0.5) is 0 Å². The number of nitrogens with two attached hydrogens (primary N) is 1. The lowest BCUT2D eigenvalue weighted by molar-refractivity contribution is -0.132. The van der Waals surface area contributed by atoms with E-state index in [-0.39, 0.29) is 5.91 Å². The van der Waals surface area contributed by atoms with Crippen molar-refractivity contribution in [1.82, 2.24) is 4.90 Å². The molecule has 3 nitrogen and oxygen atoms in total. The number of thiophene rings is 1. The predicted molar refractivity (Wildman–Crippen MR) is 66.2 cm³/mol. The van der Waals surface area contributed by atoms with Gasteiger partial charge >= 0.3 is 0 Å². The van der Waals surface area contributed by atoms with Crippen LogP contribution in [0.2, 0.25) is 0 Å². The molecule has 1 unspecified atom stereocenters. The van der Waals surface area contributed by atoms with Crippen LogP contribution < -0.4 is 5.73 Å². The molecule has 16 heavy (non-hydrogen) atoms. The summed E-state index contributed by atoms with van der Waals surface area (Å²) in [6.07, 6.45) is 3.12. The first-order valence-electron chi connectivity index (χ1n) is 5.42. The molecule has 0 aromatic carbocycles. The molecule has 1 aliphatic heterocycles. The van der Waals surface area contributed by atoms with Crippen LogP contribution in [-0.4, -0.2) is 23.9 Å². The summed E-state index contributed by atoms with van der Waals surface area (Å²) in [5, 5.41) is 1.95. The fourth-order valence-electron chi connectivity index (χ4n) is 1.89. The topological polar surface area (TPSA) is 46.3 Å². The third-order valence-electron chi connectivity index (χ3n) is 2.76. The standard InChI is InChI=1S/C12H16N2OS/c1-9-4-2-6-14(8-9)12(15)11(13)10-5-3-7-16-10/h3-5,7,11H,2,6,8,13H2,1H3. The molecule has 2 heterocycles. The Morgan fingerprint density at radius 3 is 3.06 bits per heavy atom. The second-order valence-corrected chi connectivity index (χ2v) is 5.07. The summed E-state index contributed by atoms with van der Waals surface area (Å²) in [4.78, 5) is 14.9. The van der Waals surface area contributed by atoms with Crippen molar-refractivity contribution in [3.05, 3.63) is 34.0 Å². The van der Waals surface area contributed by atoms with E-state index in [2.05, 4.69) is 13.0 Å². The Bertz CT molecular complexity index is 397. The molecule has 1 aromatic rings. The number of carbonyl (C=O) groups excluding carboxylic acids is 1. The van der Waals surface area contributed by atoms with Gasteiger partial charge in [0.15, 0.2) is 0 Å². The molecule has 0 saturated carbocycles. The summed E-state index contributed by atoms with van der Waals surface area (Å²) < 4.78 is 0. The van der Waals surface area contributed by atoms with Gasteiger partial charge in [-0.2, -0.15) is 0 Å². The van der Waals surface area contributed by atoms with E-state index in [1.165, 1.54) is 16.9 Å². The van der Waals surface area contributed by atoms with Gasteiger partial charge < -0.3 is 10.6 Å². The molecule has 2 N–H and O–H groups in total. The molecule has 1 aliphatic rings. The van der Waals surface area contributed by atoms with Crippen LogP contribution in [-0.2, 0) is 4.79 Å². The van der Waals surface area contributed by atoms with Crippen molar-refractivity contribution < 1.29 is 4.79 Å². The van der Waals surface area contributed by atoms with Crippen LogP contribution >= 0.6 is 11.3 Å². The van der Waals surface area contributed by atoms with Gasteiger partial charge in [0.1, 0.15) is 6.04 Å². The molecular formula is C12H16N2OS. The van der Waals surface area contributed by atoms with Gasteiger partial charge in [-0.05, 0) is 24.8 Å². The molecule has 1 amide bonds. The van der Waals surface area contributed by atoms with Crippen molar-refractivity contribution in [3.63, 3.8) is 0 Å². The second-order valence-electron chi connectivity index (χ2n) is 4.09. The zero-order valence-corrected chi connectivity index (χ0v) is 10.2. The summed E-state index contributed by atoms with van der Waals surface area (Å²) in [6, 6.07) is 3.35. The second kappa shape index (κ2) is 4.80. The average molecular weight is 236 g/mol. The third-order valence-corrected chi connectivity index (χ3v) is 3.71. The van der Waals surface area contributed by atoms with Crippen molar-refractivity contribution in [1.29, 1.82) is 0 Å². The molecule has 0 fully saturated rings. The minimum absolute atomic E-state index is 0.0369. The quantitative estimate of drug-likeness (QED) is 0.797. The van der Waals surface area contributed by atoms with Gasteiger partial charge in [0.2, 0.25) is 5.91 Å². The summed E-state index contributed by atoms with van der Waals surface area (Å²) in [5.74, 6) is 0.0369. The molecule has 0 bridgehead atoms. The number of amides is 1. The lowest BCUT2D eigenvalue weighted by atomic mass is 10.1. The van der Waals surface area contributed by atoms with Gasteiger partial charge in [-0.25, -0.2) is 0 Å². The van der Waals surface area contributed by atoms with E-state index in [9.17, 15) is 4.79 Å². The highest BCUT2D eigenvalue weighted by Gasteiger charge is 2.24. The van der Waals surface area contributed by atoms with Crippen LogP contribution in [0.1, 0.15) is 24.3 Å². The Kier molecular flexibility index (Phi) is 3.41. The largest absolute Gasteiger partial charge is 0.337 e. The monoisotopic (exact) mass is 236 g/mol. The number of rotatable bonds is 2. The zero-order chi connectivity index (χ0) is 11.5. The van der Waals surface area contributed by atoms with Gasteiger partial charge in [-0.1, -0.05) is 17.7 Å².